The van der Waals surface area contributed by atoms with E-state index in [1.54, 1.807) is 0 Å². The van der Waals surface area contributed by atoms with Crippen LogP contribution in [0.25, 0.3) is 0 Å². The Balaban J connectivity index is 1.54. The van der Waals surface area contributed by atoms with E-state index in [9.17, 15) is 0 Å². The molecular formula is C10H19NO2. The number of hydrogen-bond donors (Lipinski definition) is 1. The van der Waals surface area contributed by atoms with Gasteiger partial charge in [0.15, 0.2) is 0 Å². The second-order valence-electron chi connectivity index (χ2n) is 4.26. The van der Waals surface area contributed by atoms with Crippen molar-refractivity contribution in [3.63, 3.8) is 0 Å². The van der Waals surface area contributed by atoms with Gasteiger partial charge in [-0.2, -0.15) is 0 Å². The van der Waals surface area contributed by atoms with Gasteiger partial charge in [-0.25, -0.2) is 0 Å². The molecule has 1 unspecified atom stereocenters. The van der Waals surface area contributed by atoms with Crippen molar-refractivity contribution in [2.24, 2.45) is 17.6 Å². The summed E-state index contributed by atoms with van der Waals surface area (Å²) in [5.41, 5.74) is 5.54. The van der Waals surface area contributed by atoms with Crippen LogP contribution in [0, 0.1) is 11.8 Å². The third-order valence-corrected chi connectivity index (χ3v) is 3.12. The van der Waals surface area contributed by atoms with Crippen LogP contribution in [0.1, 0.15) is 19.3 Å². The fourth-order valence-electron chi connectivity index (χ4n) is 1.99. The summed E-state index contributed by atoms with van der Waals surface area (Å²) in [7, 11) is 0. The van der Waals surface area contributed by atoms with Crippen molar-refractivity contribution < 1.29 is 9.47 Å². The van der Waals surface area contributed by atoms with Crippen LogP contribution in [0.15, 0.2) is 0 Å². The molecule has 1 heterocycles. The molecule has 2 rings (SSSR count). The van der Waals surface area contributed by atoms with Crippen LogP contribution in [0.4, 0.5) is 0 Å². The Hall–Kier alpha value is -0.120. The lowest BCUT2D eigenvalue weighted by molar-refractivity contribution is -0.0429. The van der Waals surface area contributed by atoms with E-state index in [2.05, 4.69) is 0 Å². The molecule has 2 aliphatic rings. The smallest absolute Gasteiger partial charge is 0.0581 e. The van der Waals surface area contributed by atoms with E-state index in [1.807, 2.05) is 0 Å². The van der Waals surface area contributed by atoms with Crippen LogP contribution in [-0.4, -0.2) is 32.5 Å². The van der Waals surface area contributed by atoms with E-state index in [1.165, 1.54) is 19.3 Å². The Bertz CT molecular complexity index is 151. The lowest BCUT2D eigenvalue weighted by Crippen LogP contribution is -2.36. The molecule has 0 amide bonds. The molecule has 13 heavy (non-hydrogen) atoms. The molecule has 0 bridgehead atoms. The van der Waals surface area contributed by atoms with E-state index in [-0.39, 0.29) is 0 Å². The highest BCUT2D eigenvalue weighted by atomic mass is 16.5. The van der Waals surface area contributed by atoms with Crippen LogP contribution in [-0.2, 0) is 9.47 Å². The van der Waals surface area contributed by atoms with Gasteiger partial charge in [-0.15, -0.1) is 0 Å². The van der Waals surface area contributed by atoms with Gasteiger partial charge in [0.05, 0.1) is 19.3 Å². The molecule has 1 saturated heterocycles. The third kappa shape index (κ3) is 2.42. The fraction of sp³-hybridized carbons (Fsp3) is 1.00. The minimum atomic E-state index is 0.495. The predicted octanol–water partition coefficient (Wildman–Crippen LogP) is 0.777. The molecular weight excluding hydrogens is 166 g/mol. The largest absolute Gasteiger partial charge is 0.381 e. The quantitative estimate of drug-likeness (QED) is 0.704. The number of hydrogen-bond acceptors (Lipinski definition) is 3. The topological polar surface area (TPSA) is 44.5 Å². The zero-order valence-corrected chi connectivity index (χ0v) is 8.08. The first kappa shape index (κ1) is 9.44. The van der Waals surface area contributed by atoms with Crippen molar-refractivity contribution in [3.8, 4) is 0 Å². The molecule has 76 valence electrons. The van der Waals surface area contributed by atoms with Crippen molar-refractivity contribution in [1.82, 2.24) is 0 Å². The number of ether oxygens (including phenoxy) is 2. The van der Waals surface area contributed by atoms with E-state index >= 15 is 0 Å². The van der Waals surface area contributed by atoms with Gasteiger partial charge in [0.2, 0.25) is 0 Å². The zero-order valence-electron chi connectivity index (χ0n) is 8.08. The molecule has 0 aromatic heterocycles. The van der Waals surface area contributed by atoms with Crippen molar-refractivity contribution in [2.75, 3.05) is 26.4 Å². The minimum Gasteiger partial charge on any atom is -0.381 e. The molecule has 2 fully saturated rings. The first-order valence-corrected chi connectivity index (χ1v) is 5.28. The Labute approximate surface area is 79.6 Å². The van der Waals surface area contributed by atoms with E-state index in [0.717, 1.165) is 32.3 Å². The van der Waals surface area contributed by atoms with Gasteiger partial charge >= 0.3 is 0 Å². The molecule has 1 atom stereocenters. The molecule has 0 aromatic rings. The van der Waals surface area contributed by atoms with Crippen LogP contribution in [0.3, 0.4) is 0 Å². The number of rotatable bonds is 4. The molecule has 1 aliphatic heterocycles. The van der Waals surface area contributed by atoms with Gasteiger partial charge < -0.3 is 15.2 Å². The van der Waals surface area contributed by atoms with Crippen molar-refractivity contribution in [1.29, 1.82) is 0 Å². The predicted molar refractivity (Wildman–Crippen MR) is 50.4 cm³/mol. The van der Waals surface area contributed by atoms with Crippen LogP contribution in [0.5, 0.6) is 0 Å². The first-order chi connectivity index (χ1) is 6.38. The lowest BCUT2D eigenvalue weighted by Gasteiger charge is -2.34. The summed E-state index contributed by atoms with van der Waals surface area (Å²) in [6.07, 6.45) is 4.01. The molecule has 3 heteroatoms. The Kier molecular flexibility index (Phi) is 3.19. The van der Waals surface area contributed by atoms with Gasteiger partial charge in [-0.05, 0) is 31.7 Å². The SMILES string of the molecule is NCC1CC(OCC2CCOC2)C1. The van der Waals surface area contributed by atoms with E-state index in [0.29, 0.717) is 12.0 Å². The Morgan fingerprint density at radius 2 is 2.15 bits per heavy atom. The minimum absolute atomic E-state index is 0.495. The lowest BCUT2D eigenvalue weighted by atomic mass is 9.82. The molecule has 0 aromatic carbocycles. The maximum Gasteiger partial charge on any atom is 0.0581 e. The van der Waals surface area contributed by atoms with Crippen molar-refractivity contribution in [2.45, 2.75) is 25.4 Å². The maximum atomic E-state index is 5.76. The van der Waals surface area contributed by atoms with Crippen molar-refractivity contribution >= 4 is 0 Å². The van der Waals surface area contributed by atoms with Gasteiger partial charge in [0.25, 0.3) is 0 Å². The number of nitrogens with two attached hydrogens (primary N) is 1. The maximum absolute atomic E-state index is 5.76. The highest BCUT2D eigenvalue weighted by Crippen LogP contribution is 2.29. The summed E-state index contributed by atoms with van der Waals surface area (Å²) in [5, 5.41) is 0. The average molecular weight is 185 g/mol. The van der Waals surface area contributed by atoms with Crippen molar-refractivity contribution in [3.05, 3.63) is 0 Å². The normalized spacial score (nSPS) is 39.0. The standard InChI is InChI=1S/C10H19NO2/c11-5-9-3-10(4-9)13-7-8-1-2-12-6-8/h8-10H,1-7,11H2. The summed E-state index contributed by atoms with van der Waals surface area (Å²) >= 11 is 0. The summed E-state index contributed by atoms with van der Waals surface area (Å²) in [6, 6.07) is 0. The molecule has 0 radical (unpaired) electrons. The van der Waals surface area contributed by atoms with Gasteiger partial charge in [0.1, 0.15) is 0 Å². The fourth-order valence-corrected chi connectivity index (χ4v) is 1.99. The zero-order chi connectivity index (χ0) is 9.10. The van der Waals surface area contributed by atoms with Crippen LogP contribution in [0.2, 0.25) is 0 Å². The molecule has 0 spiro atoms. The highest BCUT2D eigenvalue weighted by molar-refractivity contribution is 4.81. The second kappa shape index (κ2) is 4.40. The first-order valence-electron chi connectivity index (χ1n) is 5.28. The van der Waals surface area contributed by atoms with E-state index < -0.39 is 0 Å². The molecule has 1 saturated carbocycles. The molecule has 1 aliphatic carbocycles. The molecule has 3 nitrogen and oxygen atoms in total. The third-order valence-electron chi connectivity index (χ3n) is 3.12. The highest BCUT2D eigenvalue weighted by Gasteiger charge is 2.29. The molecule has 2 N–H and O–H groups in total. The summed E-state index contributed by atoms with van der Waals surface area (Å²) in [4.78, 5) is 0. The van der Waals surface area contributed by atoms with E-state index in [4.69, 9.17) is 15.2 Å². The van der Waals surface area contributed by atoms with Crippen LogP contribution < -0.4 is 5.73 Å². The average Bonchev–Trinajstić information content (AvgIpc) is 2.54. The van der Waals surface area contributed by atoms with Gasteiger partial charge in [0, 0.05) is 12.5 Å². The van der Waals surface area contributed by atoms with Gasteiger partial charge in [-0.3, -0.25) is 0 Å². The second-order valence-corrected chi connectivity index (χ2v) is 4.26. The monoisotopic (exact) mass is 185 g/mol. The Morgan fingerprint density at radius 3 is 2.77 bits per heavy atom. The summed E-state index contributed by atoms with van der Waals surface area (Å²) in [5.74, 6) is 1.38. The van der Waals surface area contributed by atoms with Gasteiger partial charge in [-0.1, -0.05) is 0 Å². The Morgan fingerprint density at radius 1 is 1.31 bits per heavy atom. The van der Waals surface area contributed by atoms with Crippen LogP contribution >= 0.6 is 0 Å². The summed E-state index contributed by atoms with van der Waals surface area (Å²) < 4.78 is 11.0. The summed E-state index contributed by atoms with van der Waals surface area (Å²) in [6.45, 7) is 3.53.